The van der Waals surface area contributed by atoms with Crippen molar-refractivity contribution >= 4 is 22.4 Å². The molecule has 0 unspecified atom stereocenters. The molecule has 2 heterocycles. The van der Waals surface area contributed by atoms with E-state index >= 15 is 0 Å². The van der Waals surface area contributed by atoms with Crippen molar-refractivity contribution in [3.05, 3.63) is 35.8 Å². The number of hydrogen-bond donors (Lipinski definition) is 0. The molecule has 0 amide bonds. The summed E-state index contributed by atoms with van der Waals surface area (Å²) in [6, 6.07) is 7.84. The molecule has 0 N–H and O–H groups in total. The molecule has 0 saturated carbocycles. The summed E-state index contributed by atoms with van der Waals surface area (Å²) in [6.45, 7) is 0. The van der Waals surface area contributed by atoms with Crippen molar-refractivity contribution in [2.45, 2.75) is 0 Å². The average molecular weight is 202 g/mol. The van der Waals surface area contributed by atoms with Crippen molar-refractivity contribution in [3.8, 4) is 5.13 Å². The predicted molar refractivity (Wildman–Crippen MR) is 54.5 cm³/mol. The van der Waals surface area contributed by atoms with Crippen LogP contribution in [0.2, 0.25) is 0 Å². The molecule has 2 aromatic heterocycles. The Morgan fingerprint density at radius 3 is 3.00 bits per heavy atom. The molecule has 0 radical (unpaired) electrons. The van der Waals surface area contributed by atoms with Gasteiger partial charge in [0.2, 0.25) is 5.13 Å². The van der Waals surface area contributed by atoms with Gasteiger partial charge in [-0.25, -0.2) is 4.98 Å². The van der Waals surface area contributed by atoms with Gasteiger partial charge in [-0.1, -0.05) is 17.3 Å². The van der Waals surface area contributed by atoms with Crippen molar-refractivity contribution in [1.82, 2.24) is 20.0 Å². The molecule has 5 heteroatoms. The Morgan fingerprint density at radius 2 is 2.14 bits per heavy atom. The van der Waals surface area contributed by atoms with Crippen LogP contribution in [0.15, 0.2) is 35.8 Å². The minimum atomic E-state index is 0.846. The van der Waals surface area contributed by atoms with E-state index in [2.05, 4.69) is 15.3 Å². The highest BCUT2D eigenvalue weighted by molar-refractivity contribution is 7.12. The maximum Gasteiger partial charge on any atom is 0.212 e. The summed E-state index contributed by atoms with van der Waals surface area (Å²) in [5.41, 5.74) is 1.88. The summed E-state index contributed by atoms with van der Waals surface area (Å²) in [5.74, 6) is 0. The lowest BCUT2D eigenvalue weighted by molar-refractivity contribution is 0.817. The van der Waals surface area contributed by atoms with Crippen LogP contribution in [0, 0.1) is 0 Å². The number of fused-ring (bicyclic) bond motifs is 1. The van der Waals surface area contributed by atoms with Crippen LogP contribution in [0.3, 0.4) is 0 Å². The zero-order valence-electron chi connectivity index (χ0n) is 7.16. The Kier molecular flexibility index (Phi) is 1.57. The van der Waals surface area contributed by atoms with E-state index in [1.54, 1.807) is 22.2 Å². The fraction of sp³-hybridized carbons (Fsp3) is 0. The molecule has 0 spiro atoms. The molecular weight excluding hydrogens is 196 g/mol. The molecule has 0 fully saturated rings. The second kappa shape index (κ2) is 2.88. The molecule has 4 nitrogen and oxygen atoms in total. The van der Waals surface area contributed by atoms with Crippen LogP contribution >= 0.6 is 11.3 Å². The van der Waals surface area contributed by atoms with Gasteiger partial charge >= 0.3 is 0 Å². The lowest BCUT2D eigenvalue weighted by Crippen LogP contribution is -1.94. The third-order valence-corrected chi connectivity index (χ3v) is 2.70. The number of aromatic nitrogens is 4. The van der Waals surface area contributed by atoms with Gasteiger partial charge in [0.1, 0.15) is 5.52 Å². The largest absolute Gasteiger partial charge is 0.227 e. The quantitative estimate of drug-likeness (QED) is 0.605. The van der Waals surface area contributed by atoms with Gasteiger partial charge in [0.25, 0.3) is 0 Å². The zero-order valence-corrected chi connectivity index (χ0v) is 7.98. The van der Waals surface area contributed by atoms with Gasteiger partial charge in [0.15, 0.2) is 0 Å². The van der Waals surface area contributed by atoms with Gasteiger partial charge in [0.05, 0.1) is 5.52 Å². The van der Waals surface area contributed by atoms with Crippen LogP contribution in [-0.4, -0.2) is 20.0 Å². The molecule has 0 bridgehead atoms. The first-order valence-electron chi connectivity index (χ1n) is 4.15. The number of thiazole rings is 1. The van der Waals surface area contributed by atoms with Gasteiger partial charge in [0, 0.05) is 11.6 Å². The number of para-hydroxylation sites is 1. The summed E-state index contributed by atoms with van der Waals surface area (Å²) in [4.78, 5) is 4.19. The molecule has 0 saturated heterocycles. The van der Waals surface area contributed by atoms with Gasteiger partial charge in [-0.2, -0.15) is 4.68 Å². The third-order valence-electron chi connectivity index (χ3n) is 1.95. The lowest BCUT2D eigenvalue weighted by atomic mass is 10.3. The molecule has 0 aliphatic heterocycles. The van der Waals surface area contributed by atoms with Crippen molar-refractivity contribution in [1.29, 1.82) is 0 Å². The Labute approximate surface area is 83.8 Å². The van der Waals surface area contributed by atoms with E-state index in [4.69, 9.17) is 0 Å². The topological polar surface area (TPSA) is 43.6 Å². The molecular formula is C9H6N4S. The standard InChI is InChI=1S/C9H6N4S/c1-2-4-8-7(3-1)11-12-13(8)9-10-5-6-14-9/h1-6H. The first-order valence-corrected chi connectivity index (χ1v) is 5.03. The highest BCUT2D eigenvalue weighted by atomic mass is 32.1. The van der Waals surface area contributed by atoms with E-state index < -0.39 is 0 Å². The van der Waals surface area contributed by atoms with Crippen LogP contribution in [0.1, 0.15) is 0 Å². The number of rotatable bonds is 1. The van der Waals surface area contributed by atoms with E-state index in [9.17, 15) is 0 Å². The van der Waals surface area contributed by atoms with Gasteiger partial charge < -0.3 is 0 Å². The van der Waals surface area contributed by atoms with Crippen LogP contribution in [0.25, 0.3) is 16.2 Å². The van der Waals surface area contributed by atoms with Crippen molar-refractivity contribution in [3.63, 3.8) is 0 Å². The van der Waals surface area contributed by atoms with E-state index in [-0.39, 0.29) is 0 Å². The minimum absolute atomic E-state index is 0.846. The molecule has 3 aromatic rings. The molecule has 0 aliphatic carbocycles. The second-order valence-corrected chi connectivity index (χ2v) is 3.68. The van der Waals surface area contributed by atoms with Crippen molar-refractivity contribution in [2.24, 2.45) is 0 Å². The normalized spacial score (nSPS) is 10.9. The Hall–Kier alpha value is -1.75. The van der Waals surface area contributed by atoms with Crippen LogP contribution in [0.5, 0.6) is 0 Å². The first kappa shape index (κ1) is 7.64. The van der Waals surface area contributed by atoms with Gasteiger partial charge in [-0.05, 0) is 12.1 Å². The fourth-order valence-corrected chi connectivity index (χ4v) is 1.93. The van der Waals surface area contributed by atoms with E-state index in [1.807, 2.05) is 29.6 Å². The maximum atomic E-state index is 4.19. The molecule has 3 rings (SSSR count). The third kappa shape index (κ3) is 1.03. The highest BCUT2D eigenvalue weighted by Crippen LogP contribution is 2.16. The minimum Gasteiger partial charge on any atom is -0.227 e. The molecule has 1 aromatic carbocycles. The zero-order chi connectivity index (χ0) is 9.38. The maximum absolute atomic E-state index is 4.19. The first-order chi connectivity index (χ1) is 6.95. The van der Waals surface area contributed by atoms with Crippen molar-refractivity contribution < 1.29 is 0 Å². The van der Waals surface area contributed by atoms with Crippen molar-refractivity contribution in [2.75, 3.05) is 0 Å². The SMILES string of the molecule is c1ccc2c(c1)nnn2-c1nccs1. The molecule has 68 valence electrons. The summed E-state index contributed by atoms with van der Waals surface area (Å²) < 4.78 is 1.75. The van der Waals surface area contributed by atoms with E-state index in [1.165, 1.54) is 0 Å². The Bertz CT molecular complexity index is 555. The fourth-order valence-electron chi connectivity index (χ4n) is 1.33. The van der Waals surface area contributed by atoms with Gasteiger partial charge in [-0.3, -0.25) is 0 Å². The number of benzene rings is 1. The number of hydrogen-bond acceptors (Lipinski definition) is 4. The van der Waals surface area contributed by atoms with Crippen LogP contribution in [0.4, 0.5) is 0 Å². The van der Waals surface area contributed by atoms with E-state index in [0.29, 0.717) is 0 Å². The Balaban J connectivity index is 2.33. The van der Waals surface area contributed by atoms with E-state index in [0.717, 1.165) is 16.2 Å². The molecule has 0 atom stereocenters. The smallest absolute Gasteiger partial charge is 0.212 e. The highest BCUT2D eigenvalue weighted by Gasteiger charge is 2.06. The summed E-state index contributed by atoms with van der Waals surface area (Å²) in [7, 11) is 0. The molecule has 0 aliphatic rings. The van der Waals surface area contributed by atoms with Crippen LogP contribution in [-0.2, 0) is 0 Å². The number of nitrogens with zero attached hydrogens (tertiary/aromatic N) is 4. The van der Waals surface area contributed by atoms with Gasteiger partial charge in [-0.15, -0.1) is 16.4 Å². The summed E-state index contributed by atoms with van der Waals surface area (Å²) in [5, 5.41) is 10.9. The summed E-state index contributed by atoms with van der Waals surface area (Å²) in [6.07, 6.45) is 1.76. The Morgan fingerprint density at radius 1 is 1.21 bits per heavy atom. The average Bonchev–Trinajstić information content (AvgIpc) is 2.85. The second-order valence-electron chi connectivity index (χ2n) is 2.80. The molecule has 14 heavy (non-hydrogen) atoms. The summed E-state index contributed by atoms with van der Waals surface area (Å²) >= 11 is 1.54. The monoisotopic (exact) mass is 202 g/mol. The lowest BCUT2D eigenvalue weighted by Gasteiger charge is -1.94. The predicted octanol–water partition coefficient (Wildman–Crippen LogP) is 1.88. The van der Waals surface area contributed by atoms with Crippen LogP contribution < -0.4 is 0 Å².